The first-order valence-electron chi connectivity index (χ1n) is 4.56. The summed E-state index contributed by atoms with van der Waals surface area (Å²) in [5.41, 5.74) is 0. The zero-order valence-electron chi connectivity index (χ0n) is 9.40. The van der Waals surface area contributed by atoms with E-state index in [2.05, 4.69) is 12.1 Å². The van der Waals surface area contributed by atoms with Crippen molar-refractivity contribution in [2.45, 2.75) is 24.8 Å². The molecule has 0 bridgehead atoms. The molecule has 4 N–H and O–H groups in total. The molecule has 0 unspecified atom stereocenters. The van der Waals surface area contributed by atoms with E-state index in [1.165, 1.54) is 4.90 Å². The van der Waals surface area contributed by atoms with Gasteiger partial charge in [-0.25, -0.2) is 0 Å². The van der Waals surface area contributed by atoms with Gasteiger partial charge < -0.3 is 15.7 Å². The van der Waals surface area contributed by atoms with Crippen LogP contribution in [0.2, 0.25) is 0 Å². The van der Waals surface area contributed by atoms with E-state index in [0.717, 1.165) is 5.75 Å². The molecule has 0 fully saturated rings. The average Bonchev–Trinajstić information content (AvgIpc) is 2.15. The second kappa shape index (κ2) is 9.59. The largest absolute Gasteiger partial charge is 0.484 e. The lowest BCUT2D eigenvalue weighted by Gasteiger charge is -2.09. The fourth-order valence-corrected chi connectivity index (χ4v) is 2.03. The van der Waals surface area contributed by atoms with Crippen LogP contribution in [0.15, 0.2) is 35.2 Å². The van der Waals surface area contributed by atoms with Gasteiger partial charge >= 0.3 is 0 Å². The van der Waals surface area contributed by atoms with Crippen LogP contribution in [0.25, 0.3) is 0 Å². The maximum Gasteiger partial charge on any atom is 0.170 e. The first-order chi connectivity index (χ1) is 6.68. The molecule has 0 heterocycles. The summed E-state index contributed by atoms with van der Waals surface area (Å²) in [7, 11) is 0. The third-order valence-electron chi connectivity index (χ3n) is 1.47. The fraction of sp³-hybridized carbons (Fsp3) is 0.364. The van der Waals surface area contributed by atoms with Gasteiger partial charge in [-0.1, -0.05) is 18.2 Å². The lowest BCUT2D eigenvalue weighted by atomic mass is 10.4. The van der Waals surface area contributed by atoms with Gasteiger partial charge in [-0.15, -0.1) is 11.8 Å². The third kappa shape index (κ3) is 7.64. The van der Waals surface area contributed by atoms with Crippen molar-refractivity contribution in [1.82, 2.24) is 0 Å². The molecule has 3 nitrogen and oxygen atoms in total. The first-order valence-corrected chi connectivity index (χ1v) is 5.95. The summed E-state index contributed by atoms with van der Waals surface area (Å²) < 4.78 is 5.38. The molecule has 0 aliphatic carbocycles. The van der Waals surface area contributed by atoms with Crippen molar-refractivity contribution >= 4 is 29.0 Å². The van der Waals surface area contributed by atoms with Crippen molar-refractivity contribution in [1.29, 1.82) is 0 Å². The van der Waals surface area contributed by atoms with E-state index in [4.69, 9.17) is 17.0 Å². The van der Waals surface area contributed by atoms with E-state index in [-0.39, 0.29) is 17.1 Å². The summed E-state index contributed by atoms with van der Waals surface area (Å²) in [6, 6.07) is 10.2. The Kier molecular flexibility index (Phi) is 10.7. The fourth-order valence-electron chi connectivity index (χ4n) is 0.956. The molecule has 0 aliphatic heterocycles. The van der Waals surface area contributed by atoms with Gasteiger partial charge in [0.1, 0.15) is 0 Å². The van der Waals surface area contributed by atoms with E-state index in [1.54, 1.807) is 11.8 Å². The van der Waals surface area contributed by atoms with Gasteiger partial charge in [0.15, 0.2) is 5.05 Å². The van der Waals surface area contributed by atoms with E-state index in [1.807, 2.05) is 32.0 Å². The van der Waals surface area contributed by atoms with Gasteiger partial charge in [0, 0.05) is 4.90 Å². The molecule has 92 valence electrons. The van der Waals surface area contributed by atoms with Crippen molar-refractivity contribution in [3.05, 3.63) is 30.3 Å². The van der Waals surface area contributed by atoms with Crippen LogP contribution in [-0.2, 0) is 4.74 Å². The smallest absolute Gasteiger partial charge is 0.170 e. The van der Waals surface area contributed by atoms with Gasteiger partial charge in [-0.2, -0.15) is 0 Å². The van der Waals surface area contributed by atoms with Crippen molar-refractivity contribution in [3.8, 4) is 0 Å². The Labute approximate surface area is 106 Å². The first kappa shape index (κ1) is 17.8. The Morgan fingerprint density at radius 2 is 1.81 bits per heavy atom. The highest BCUT2D eigenvalue weighted by Gasteiger charge is 2.01. The van der Waals surface area contributed by atoms with Crippen molar-refractivity contribution in [2.24, 2.45) is 0 Å². The molecule has 1 aromatic rings. The summed E-state index contributed by atoms with van der Waals surface area (Å²) in [6.07, 6.45) is 0.180. The SMILES string of the molecule is CC(C)OC(=S)CSc1ccccc1.O.O. The molecule has 1 rings (SSSR count). The average molecular weight is 262 g/mol. The standard InChI is InChI=1S/C11H14OS2.2H2O/c1-9(2)12-11(13)8-14-10-6-4-3-5-7-10;;/h3-7,9H,8H2,1-2H3;2*1H2. The topological polar surface area (TPSA) is 72.2 Å². The highest BCUT2D eigenvalue weighted by atomic mass is 32.2. The number of benzene rings is 1. The summed E-state index contributed by atoms with van der Waals surface area (Å²) in [4.78, 5) is 1.22. The lowest BCUT2D eigenvalue weighted by Crippen LogP contribution is -2.11. The van der Waals surface area contributed by atoms with E-state index < -0.39 is 0 Å². The molecule has 5 heteroatoms. The van der Waals surface area contributed by atoms with E-state index >= 15 is 0 Å². The molecular weight excluding hydrogens is 244 g/mol. The summed E-state index contributed by atoms with van der Waals surface area (Å²) in [5, 5.41) is 0.675. The molecule has 0 saturated carbocycles. The van der Waals surface area contributed by atoms with Gasteiger partial charge in [0.2, 0.25) is 0 Å². The van der Waals surface area contributed by atoms with Crippen LogP contribution >= 0.6 is 24.0 Å². The van der Waals surface area contributed by atoms with Gasteiger partial charge in [0.25, 0.3) is 0 Å². The van der Waals surface area contributed by atoms with Crippen LogP contribution in [0.4, 0.5) is 0 Å². The summed E-state index contributed by atoms with van der Waals surface area (Å²) >= 11 is 6.79. The Morgan fingerprint density at radius 3 is 2.31 bits per heavy atom. The summed E-state index contributed by atoms with van der Waals surface area (Å²) in [6.45, 7) is 3.97. The van der Waals surface area contributed by atoms with Crippen LogP contribution in [0, 0.1) is 0 Å². The zero-order valence-corrected chi connectivity index (χ0v) is 11.0. The van der Waals surface area contributed by atoms with Crippen LogP contribution in [0.3, 0.4) is 0 Å². The minimum Gasteiger partial charge on any atom is -0.484 e. The van der Waals surface area contributed by atoms with Crippen LogP contribution in [0.1, 0.15) is 13.8 Å². The second-order valence-corrected chi connectivity index (χ2v) is 4.64. The van der Waals surface area contributed by atoms with Crippen LogP contribution in [0.5, 0.6) is 0 Å². The zero-order chi connectivity index (χ0) is 10.4. The minimum atomic E-state index is 0. The number of ether oxygens (including phenoxy) is 1. The maximum absolute atomic E-state index is 5.38. The molecule has 0 spiro atoms. The normalized spacial score (nSPS) is 8.94. The number of thiocarbonyl (C=S) groups is 1. The highest BCUT2D eigenvalue weighted by molar-refractivity contribution is 8.01. The van der Waals surface area contributed by atoms with Gasteiger partial charge in [0.05, 0.1) is 11.9 Å². The minimum absolute atomic E-state index is 0. The molecule has 1 aromatic carbocycles. The second-order valence-electron chi connectivity index (χ2n) is 3.14. The number of rotatable bonds is 4. The Morgan fingerprint density at radius 1 is 1.25 bits per heavy atom. The Balaban J connectivity index is 0. The maximum atomic E-state index is 5.38. The molecule has 0 aromatic heterocycles. The van der Waals surface area contributed by atoms with Crippen molar-refractivity contribution in [3.63, 3.8) is 0 Å². The summed E-state index contributed by atoms with van der Waals surface area (Å²) in [5.74, 6) is 0.748. The predicted molar refractivity (Wildman–Crippen MR) is 73.2 cm³/mol. The van der Waals surface area contributed by atoms with Crippen molar-refractivity contribution < 1.29 is 15.7 Å². The predicted octanol–water partition coefficient (Wildman–Crippen LogP) is 1.88. The van der Waals surface area contributed by atoms with E-state index in [9.17, 15) is 0 Å². The highest BCUT2D eigenvalue weighted by Crippen LogP contribution is 2.17. The van der Waals surface area contributed by atoms with Gasteiger partial charge in [-0.05, 0) is 38.2 Å². The molecule has 0 radical (unpaired) electrons. The van der Waals surface area contributed by atoms with Crippen molar-refractivity contribution in [2.75, 3.05) is 5.75 Å². The molecule has 16 heavy (non-hydrogen) atoms. The molecule has 0 aliphatic rings. The Hall–Kier alpha value is -0.620. The molecule has 0 saturated heterocycles. The quantitative estimate of drug-likeness (QED) is 0.614. The number of hydrogen-bond donors (Lipinski definition) is 0. The molecule has 0 amide bonds. The molecule has 0 atom stereocenters. The third-order valence-corrected chi connectivity index (χ3v) is 2.90. The number of hydrogen-bond acceptors (Lipinski definition) is 3. The van der Waals surface area contributed by atoms with E-state index in [0.29, 0.717) is 5.05 Å². The molecular formula is C11H18O3S2. The lowest BCUT2D eigenvalue weighted by molar-refractivity contribution is 0.234. The van der Waals surface area contributed by atoms with Crippen LogP contribution < -0.4 is 0 Å². The monoisotopic (exact) mass is 262 g/mol. The van der Waals surface area contributed by atoms with Crippen LogP contribution in [-0.4, -0.2) is 27.9 Å². The van der Waals surface area contributed by atoms with Gasteiger partial charge in [-0.3, -0.25) is 0 Å². The number of thioether (sulfide) groups is 1. The Bertz CT molecular complexity index is 289.